The summed E-state index contributed by atoms with van der Waals surface area (Å²) in [5.74, 6) is -0.959. The monoisotopic (exact) mass is 332 g/mol. The average Bonchev–Trinajstić information content (AvgIpc) is 2.45. The van der Waals surface area contributed by atoms with Crippen molar-refractivity contribution in [3.8, 4) is 5.75 Å². The van der Waals surface area contributed by atoms with Crippen molar-refractivity contribution in [2.24, 2.45) is 5.92 Å². The predicted molar refractivity (Wildman–Crippen MR) is 94.7 cm³/mol. The Balaban J connectivity index is 2.41. The maximum absolute atomic E-state index is 11.3. The third-order valence-electron chi connectivity index (χ3n) is 5.09. The average molecular weight is 332 g/mol. The van der Waals surface area contributed by atoms with Gasteiger partial charge in [-0.25, -0.2) is 4.79 Å². The van der Waals surface area contributed by atoms with Gasteiger partial charge in [0.05, 0.1) is 11.7 Å². The molecule has 0 amide bonds. The molecule has 1 aromatic carbocycles. The van der Waals surface area contributed by atoms with E-state index < -0.39 is 12.1 Å². The van der Waals surface area contributed by atoms with Gasteiger partial charge < -0.3 is 15.3 Å². The molecule has 1 aliphatic carbocycles. The molecule has 2 rings (SSSR count). The summed E-state index contributed by atoms with van der Waals surface area (Å²) in [6, 6.07) is 2.96. The number of fused-ring (bicyclic) bond motifs is 1. The number of allylic oxidation sites excluding steroid dienone is 2. The Morgan fingerprint density at radius 1 is 1.38 bits per heavy atom. The van der Waals surface area contributed by atoms with E-state index in [1.807, 2.05) is 6.92 Å². The highest BCUT2D eigenvalue weighted by Crippen LogP contribution is 2.47. The minimum absolute atomic E-state index is 0.0130. The Morgan fingerprint density at radius 3 is 2.62 bits per heavy atom. The van der Waals surface area contributed by atoms with Gasteiger partial charge in [0.1, 0.15) is 5.75 Å². The number of phenols is 1. The second-order valence-corrected chi connectivity index (χ2v) is 7.37. The van der Waals surface area contributed by atoms with E-state index in [1.54, 1.807) is 6.07 Å². The minimum Gasteiger partial charge on any atom is -0.508 e. The van der Waals surface area contributed by atoms with E-state index in [4.69, 9.17) is 0 Å². The topological polar surface area (TPSA) is 77.8 Å². The van der Waals surface area contributed by atoms with E-state index >= 15 is 0 Å². The molecule has 3 N–H and O–H groups in total. The zero-order chi connectivity index (χ0) is 18.0. The maximum atomic E-state index is 11.3. The summed E-state index contributed by atoms with van der Waals surface area (Å²) >= 11 is 0. The fourth-order valence-corrected chi connectivity index (χ4v) is 3.93. The molecule has 0 fully saturated rings. The molecule has 4 atom stereocenters. The molecule has 4 heteroatoms. The number of rotatable bonds is 5. The first kappa shape index (κ1) is 18.5. The number of aromatic hydroxyl groups is 1. The number of carboxylic acids is 1. The van der Waals surface area contributed by atoms with Gasteiger partial charge in [0.2, 0.25) is 0 Å². The van der Waals surface area contributed by atoms with E-state index in [9.17, 15) is 20.1 Å². The van der Waals surface area contributed by atoms with Crippen LogP contribution in [0.2, 0.25) is 0 Å². The van der Waals surface area contributed by atoms with Crippen LogP contribution in [0.4, 0.5) is 0 Å². The molecule has 24 heavy (non-hydrogen) atoms. The van der Waals surface area contributed by atoms with E-state index in [0.717, 1.165) is 24.0 Å². The molecule has 1 unspecified atom stereocenters. The first-order valence-corrected chi connectivity index (χ1v) is 8.63. The molecule has 0 spiro atoms. The molecule has 1 aromatic rings. The van der Waals surface area contributed by atoms with E-state index in [2.05, 4.69) is 26.8 Å². The molecule has 0 heterocycles. The lowest BCUT2D eigenvalue weighted by Gasteiger charge is -2.38. The number of aromatic carboxylic acids is 1. The molecule has 1 aliphatic rings. The number of hydrogen-bond acceptors (Lipinski definition) is 3. The molecular formula is C20H28O4. The number of benzene rings is 1. The van der Waals surface area contributed by atoms with Gasteiger partial charge in [0.25, 0.3) is 0 Å². The van der Waals surface area contributed by atoms with Gasteiger partial charge in [-0.2, -0.15) is 0 Å². The number of carbonyl (C=O) groups is 1. The number of aliphatic hydroxyl groups is 1. The second kappa shape index (κ2) is 7.39. The van der Waals surface area contributed by atoms with Crippen LogP contribution in [0.5, 0.6) is 5.75 Å². The summed E-state index contributed by atoms with van der Waals surface area (Å²) in [5, 5.41) is 30.3. The molecular weight excluding hydrogens is 304 g/mol. The van der Waals surface area contributed by atoms with Crippen molar-refractivity contribution >= 4 is 5.97 Å². The van der Waals surface area contributed by atoms with Crippen molar-refractivity contribution in [1.29, 1.82) is 0 Å². The molecule has 0 aromatic heterocycles. The quantitative estimate of drug-likeness (QED) is 0.697. The highest BCUT2D eigenvalue weighted by atomic mass is 16.4. The molecule has 0 radical (unpaired) electrons. The second-order valence-electron chi connectivity index (χ2n) is 7.37. The summed E-state index contributed by atoms with van der Waals surface area (Å²) in [4.78, 5) is 11.3. The first-order chi connectivity index (χ1) is 11.2. The van der Waals surface area contributed by atoms with Crippen molar-refractivity contribution in [1.82, 2.24) is 0 Å². The van der Waals surface area contributed by atoms with Crippen LogP contribution >= 0.6 is 0 Å². The van der Waals surface area contributed by atoms with Crippen molar-refractivity contribution < 1.29 is 20.1 Å². The zero-order valence-corrected chi connectivity index (χ0v) is 14.9. The molecule has 4 nitrogen and oxygen atoms in total. The van der Waals surface area contributed by atoms with E-state index in [0.29, 0.717) is 6.42 Å². The van der Waals surface area contributed by atoms with E-state index in [1.165, 1.54) is 11.6 Å². The Morgan fingerprint density at radius 2 is 2.04 bits per heavy atom. The third-order valence-corrected chi connectivity index (χ3v) is 5.09. The Hall–Kier alpha value is -1.81. The SMILES string of the molecule is CC(C)=CCCC(C)[C@@H]1c2cc(C(=O)O)cc(O)c2[C@@H](C)C[C@@H]1O. The minimum atomic E-state index is -1.06. The highest BCUT2D eigenvalue weighted by Gasteiger charge is 2.37. The summed E-state index contributed by atoms with van der Waals surface area (Å²) in [7, 11) is 0. The van der Waals surface area contributed by atoms with Gasteiger partial charge in [-0.15, -0.1) is 0 Å². The van der Waals surface area contributed by atoms with Crippen LogP contribution in [0, 0.1) is 5.92 Å². The number of hydrogen-bond donors (Lipinski definition) is 3. The third kappa shape index (κ3) is 3.81. The summed E-state index contributed by atoms with van der Waals surface area (Å²) < 4.78 is 0. The Labute approximate surface area is 143 Å². The summed E-state index contributed by atoms with van der Waals surface area (Å²) in [6.07, 6.45) is 4.10. The van der Waals surface area contributed by atoms with Crippen LogP contribution in [0.3, 0.4) is 0 Å². The number of aliphatic hydroxyl groups excluding tert-OH is 1. The van der Waals surface area contributed by atoms with Crippen LogP contribution in [-0.2, 0) is 0 Å². The normalized spacial score (nSPS) is 24.1. The smallest absolute Gasteiger partial charge is 0.335 e. The largest absolute Gasteiger partial charge is 0.508 e. The molecule has 132 valence electrons. The summed E-state index contributed by atoms with van der Waals surface area (Å²) in [5.41, 5.74) is 2.94. The lowest BCUT2D eigenvalue weighted by molar-refractivity contribution is 0.0692. The van der Waals surface area contributed by atoms with Gasteiger partial charge in [0.15, 0.2) is 0 Å². The lowest BCUT2D eigenvalue weighted by atomic mass is 9.69. The first-order valence-electron chi connectivity index (χ1n) is 8.63. The molecule has 0 aliphatic heterocycles. The van der Waals surface area contributed by atoms with Gasteiger partial charge in [-0.05, 0) is 62.6 Å². The van der Waals surface area contributed by atoms with E-state index in [-0.39, 0.29) is 29.1 Å². The van der Waals surface area contributed by atoms with Gasteiger partial charge >= 0.3 is 5.97 Å². The fourth-order valence-electron chi connectivity index (χ4n) is 3.93. The fraction of sp³-hybridized carbons (Fsp3) is 0.550. The van der Waals surface area contributed by atoms with Crippen LogP contribution < -0.4 is 0 Å². The Bertz CT molecular complexity index is 643. The Kier molecular flexibility index (Phi) is 5.70. The zero-order valence-electron chi connectivity index (χ0n) is 14.9. The lowest BCUT2D eigenvalue weighted by Crippen LogP contribution is -2.31. The van der Waals surface area contributed by atoms with Crippen molar-refractivity contribution in [2.75, 3.05) is 0 Å². The maximum Gasteiger partial charge on any atom is 0.335 e. The molecule has 0 saturated heterocycles. The highest BCUT2D eigenvalue weighted by molar-refractivity contribution is 5.88. The van der Waals surface area contributed by atoms with Crippen LogP contribution in [0.1, 0.15) is 80.3 Å². The van der Waals surface area contributed by atoms with Crippen molar-refractivity contribution in [3.05, 3.63) is 40.5 Å². The van der Waals surface area contributed by atoms with Gasteiger partial charge in [-0.1, -0.05) is 25.5 Å². The molecule has 0 saturated carbocycles. The standard InChI is InChI=1S/C20H28O4/c1-11(2)6-5-7-12(3)18-15-9-14(20(23)24)10-17(22)19(15)13(4)8-16(18)21/h6,9-10,12-13,16,18,21-22H,5,7-8H2,1-4H3,(H,23,24)/t12?,13-,16-,18+/m0/s1. The van der Waals surface area contributed by atoms with Gasteiger partial charge in [0, 0.05) is 11.5 Å². The van der Waals surface area contributed by atoms with Crippen LogP contribution in [0.15, 0.2) is 23.8 Å². The molecule has 0 bridgehead atoms. The van der Waals surface area contributed by atoms with Crippen LogP contribution in [-0.4, -0.2) is 27.4 Å². The predicted octanol–water partition coefficient (Wildman–Crippen LogP) is 4.42. The van der Waals surface area contributed by atoms with Crippen molar-refractivity contribution in [2.45, 2.75) is 64.9 Å². The number of carboxylic acid groups (broad SMARTS) is 1. The van der Waals surface area contributed by atoms with Crippen LogP contribution in [0.25, 0.3) is 0 Å². The number of phenolic OH excluding ortho intramolecular Hbond substituents is 1. The van der Waals surface area contributed by atoms with Gasteiger partial charge in [-0.3, -0.25) is 0 Å². The van der Waals surface area contributed by atoms with Crippen molar-refractivity contribution in [3.63, 3.8) is 0 Å². The summed E-state index contributed by atoms with van der Waals surface area (Å²) in [6.45, 7) is 8.19.